The predicted molar refractivity (Wildman–Crippen MR) is 128 cm³/mol. The van der Waals surface area contributed by atoms with E-state index >= 15 is 0 Å². The van der Waals surface area contributed by atoms with Crippen LogP contribution in [0.25, 0.3) is 22.3 Å². The lowest BCUT2D eigenvalue weighted by Crippen LogP contribution is -2.44. The van der Waals surface area contributed by atoms with Crippen LogP contribution in [0.2, 0.25) is 0 Å². The fraction of sp³-hybridized carbons (Fsp3) is 0.333. The number of fused-ring (bicyclic) bond motifs is 3. The number of nitrogens with one attached hydrogen (secondary N) is 1. The molecule has 1 N–H and O–H groups in total. The van der Waals surface area contributed by atoms with Crippen LogP contribution in [0, 0.1) is 0 Å². The normalized spacial score (nSPS) is 17.3. The van der Waals surface area contributed by atoms with E-state index in [4.69, 9.17) is 14.3 Å². The summed E-state index contributed by atoms with van der Waals surface area (Å²) in [6.07, 6.45) is -2.03. The van der Waals surface area contributed by atoms with Crippen LogP contribution in [0.1, 0.15) is 43.7 Å². The van der Waals surface area contributed by atoms with Gasteiger partial charge < -0.3 is 19.5 Å². The highest BCUT2D eigenvalue weighted by Gasteiger charge is 2.27. The summed E-state index contributed by atoms with van der Waals surface area (Å²) >= 11 is 0. The number of nitrogens with zero attached hydrogens (tertiary/aromatic N) is 7. The monoisotopic (exact) mass is 481 g/mol. The highest BCUT2D eigenvalue weighted by Crippen LogP contribution is 2.29. The number of pyridine rings is 1. The molecule has 0 bridgehead atoms. The Labute approximate surface area is 211 Å². The number of ether oxygens (including phenoxy) is 1. The fourth-order valence-electron chi connectivity index (χ4n) is 4.04. The molecule has 1 aliphatic heterocycles. The van der Waals surface area contributed by atoms with Gasteiger partial charge in [0.1, 0.15) is 5.69 Å². The van der Waals surface area contributed by atoms with Crippen molar-refractivity contribution >= 4 is 22.7 Å². The van der Waals surface area contributed by atoms with Crippen LogP contribution >= 0.6 is 0 Å². The quantitative estimate of drug-likeness (QED) is 0.408. The Hall–Kier alpha value is -4.28. The molecule has 1 aromatic carbocycles. The zero-order valence-electron chi connectivity index (χ0n) is 25.7. The van der Waals surface area contributed by atoms with Crippen molar-refractivity contribution in [3.05, 3.63) is 53.9 Å². The molecule has 0 fully saturated rings. The van der Waals surface area contributed by atoms with E-state index in [0.29, 0.717) is 35.6 Å². The lowest BCUT2D eigenvalue weighted by Gasteiger charge is -2.28. The van der Waals surface area contributed by atoms with Crippen LogP contribution < -0.4 is 10.1 Å². The maximum atomic E-state index is 13.3. The van der Waals surface area contributed by atoms with Crippen molar-refractivity contribution < 1.29 is 23.9 Å². The molecule has 4 aromatic rings. The zero-order chi connectivity index (χ0) is 30.4. The molecule has 1 aliphatic rings. The third-order valence-electron chi connectivity index (χ3n) is 5.65. The minimum atomic E-state index is -3.34. The first kappa shape index (κ1) is 15.6. The summed E-state index contributed by atoms with van der Waals surface area (Å²) in [5.74, 6) is -0.622. The van der Waals surface area contributed by atoms with E-state index in [1.807, 2.05) is 0 Å². The molecule has 0 atom stereocenters. The van der Waals surface area contributed by atoms with E-state index in [1.165, 1.54) is 17.1 Å². The standard InChI is InChI=1S/C24H26N8O3/c1-3-13-35-23-18-15-20-24(34)31(11-12-32(20)19(18)7-8-26-23)10-9-25-22(33)17-6-4-5-16(14-17)21-27-29-30(2)28-21/h4-8,14-15H,3,9-13H2,1-2H3,(H,25,33)/i1D3,3D2,13D2. The number of hydrogen-bond donors (Lipinski definition) is 1. The van der Waals surface area contributed by atoms with Crippen LogP contribution in [0.4, 0.5) is 0 Å². The van der Waals surface area contributed by atoms with Crippen LogP contribution in [0.5, 0.6) is 5.88 Å². The molecule has 3 aromatic heterocycles. The number of rotatable bonds is 8. The number of aromatic nitrogens is 6. The minimum Gasteiger partial charge on any atom is -0.477 e. The lowest BCUT2D eigenvalue weighted by atomic mass is 10.1. The number of hydrogen-bond acceptors (Lipinski definition) is 7. The lowest BCUT2D eigenvalue weighted by molar-refractivity contribution is 0.0701. The molecule has 0 spiro atoms. The summed E-state index contributed by atoms with van der Waals surface area (Å²) in [4.78, 5) is 33.0. The van der Waals surface area contributed by atoms with Crippen molar-refractivity contribution in [1.29, 1.82) is 0 Å². The second-order valence-electron chi connectivity index (χ2n) is 7.79. The Morgan fingerprint density at radius 3 is 3.03 bits per heavy atom. The Morgan fingerprint density at radius 2 is 2.20 bits per heavy atom. The van der Waals surface area contributed by atoms with Gasteiger partial charge in [-0.2, -0.15) is 4.80 Å². The Bertz CT molecular complexity index is 1670. The van der Waals surface area contributed by atoms with Crippen LogP contribution in [-0.2, 0) is 13.6 Å². The number of amides is 2. The molecule has 4 heterocycles. The van der Waals surface area contributed by atoms with Crippen LogP contribution in [0.3, 0.4) is 0 Å². The summed E-state index contributed by atoms with van der Waals surface area (Å²) in [5, 5.41) is 14.9. The summed E-state index contributed by atoms with van der Waals surface area (Å²) in [5.41, 5.74) is 1.80. The van der Waals surface area contributed by atoms with Gasteiger partial charge in [0.15, 0.2) is 0 Å². The molecule has 180 valence electrons. The highest BCUT2D eigenvalue weighted by molar-refractivity contribution is 6.00. The summed E-state index contributed by atoms with van der Waals surface area (Å²) < 4.78 is 60.7. The second-order valence-corrected chi connectivity index (χ2v) is 7.79. The van der Waals surface area contributed by atoms with Gasteiger partial charge in [0, 0.05) is 50.4 Å². The van der Waals surface area contributed by atoms with Gasteiger partial charge >= 0.3 is 0 Å². The van der Waals surface area contributed by atoms with E-state index in [-0.39, 0.29) is 41.9 Å². The van der Waals surface area contributed by atoms with Gasteiger partial charge in [-0.3, -0.25) is 9.59 Å². The number of aryl methyl sites for hydroxylation is 1. The number of tetrazole rings is 1. The average Bonchev–Trinajstić information content (AvgIpc) is 3.54. The topological polar surface area (TPSA) is 120 Å². The Morgan fingerprint density at radius 1 is 1.29 bits per heavy atom. The van der Waals surface area contributed by atoms with Crippen LogP contribution in [-0.4, -0.2) is 72.7 Å². The molecular formula is C24H26N8O3. The summed E-state index contributed by atoms with van der Waals surface area (Å²) in [7, 11) is 1.64. The number of benzene rings is 1. The zero-order valence-corrected chi connectivity index (χ0v) is 18.7. The van der Waals surface area contributed by atoms with Gasteiger partial charge in [-0.15, -0.1) is 10.2 Å². The number of carbonyl (C=O) groups excluding carboxylic acids is 2. The number of carbonyl (C=O) groups is 2. The van der Waals surface area contributed by atoms with Gasteiger partial charge in [0.25, 0.3) is 11.8 Å². The van der Waals surface area contributed by atoms with Gasteiger partial charge in [0.2, 0.25) is 11.7 Å². The van der Waals surface area contributed by atoms with E-state index in [0.717, 1.165) is 0 Å². The molecule has 0 saturated heterocycles. The molecule has 11 heteroatoms. The molecule has 0 saturated carbocycles. The van der Waals surface area contributed by atoms with Gasteiger partial charge in [-0.05, 0) is 35.9 Å². The Kier molecular flexibility index (Phi) is 4.24. The van der Waals surface area contributed by atoms with E-state index in [2.05, 4.69) is 25.7 Å². The van der Waals surface area contributed by atoms with Crippen LogP contribution in [0.15, 0.2) is 42.6 Å². The maximum Gasteiger partial charge on any atom is 0.270 e. The van der Waals surface area contributed by atoms with E-state index in [1.54, 1.807) is 46.8 Å². The van der Waals surface area contributed by atoms with Crippen molar-refractivity contribution in [1.82, 2.24) is 40.0 Å². The molecule has 11 nitrogen and oxygen atoms in total. The third-order valence-corrected chi connectivity index (χ3v) is 5.65. The van der Waals surface area contributed by atoms with E-state index < -0.39 is 19.8 Å². The third kappa shape index (κ3) is 4.44. The van der Waals surface area contributed by atoms with Crippen molar-refractivity contribution in [2.24, 2.45) is 7.05 Å². The van der Waals surface area contributed by atoms with Gasteiger partial charge in [-0.25, -0.2) is 4.98 Å². The van der Waals surface area contributed by atoms with E-state index in [9.17, 15) is 9.59 Å². The smallest absolute Gasteiger partial charge is 0.270 e. The molecule has 2 amide bonds. The first-order chi connectivity index (χ1) is 19.7. The molecular weight excluding hydrogens is 448 g/mol. The molecule has 35 heavy (non-hydrogen) atoms. The molecule has 0 aliphatic carbocycles. The Balaban J connectivity index is 1.28. The molecule has 0 radical (unpaired) electrons. The molecule has 5 rings (SSSR count). The first-order valence-electron chi connectivity index (χ1n) is 14.3. The van der Waals surface area contributed by atoms with Crippen molar-refractivity contribution in [3.8, 4) is 17.3 Å². The summed E-state index contributed by atoms with van der Waals surface area (Å²) in [6.45, 7) is -5.43. The fourth-order valence-corrected chi connectivity index (χ4v) is 4.04. The maximum absolute atomic E-state index is 13.3. The van der Waals surface area contributed by atoms with Crippen molar-refractivity contribution in [2.75, 3.05) is 26.2 Å². The first-order valence-corrected chi connectivity index (χ1v) is 10.8. The van der Waals surface area contributed by atoms with Crippen molar-refractivity contribution in [2.45, 2.75) is 19.8 Å². The highest BCUT2D eigenvalue weighted by atomic mass is 16.5. The van der Waals surface area contributed by atoms with Gasteiger partial charge in [0.05, 0.1) is 27.3 Å². The van der Waals surface area contributed by atoms with Crippen molar-refractivity contribution in [3.63, 3.8) is 0 Å². The minimum absolute atomic E-state index is 0.179. The molecule has 0 unspecified atom stereocenters. The van der Waals surface area contributed by atoms with Gasteiger partial charge in [-0.1, -0.05) is 19.0 Å². The largest absolute Gasteiger partial charge is 0.477 e. The summed E-state index contributed by atoms with van der Waals surface area (Å²) in [6, 6.07) is 9.84. The average molecular weight is 482 g/mol. The predicted octanol–water partition coefficient (Wildman–Crippen LogP) is 1.90. The SMILES string of the molecule is [2H]C([2H])([2H])C([2H])([2H])C([2H])([2H])Oc1nccc2c1cc1n2CCN(CCNC(=O)c2cccc(-c3nnn(C)n3)c2)C1=O. The second kappa shape index (κ2) is 9.53.